The highest BCUT2D eigenvalue weighted by Gasteiger charge is 2.26. The first-order valence-electron chi connectivity index (χ1n) is 7.60. The zero-order valence-corrected chi connectivity index (χ0v) is 14.1. The second-order valence-corrected chi connectivity index (χ2v) is 5.53. The Morgan fingerprint density at radius 2 is 1.27 bits per heavy atom. The van der Waals surface area contributed by atoms with Crippen molar-refractivity contribution in [1.29, 1.82) is 0 Å². The van der Waals surface area contributed by atoms with Gasteiger partial charge in [0.1, 0.15) is 13.2 Å². The van der Waals surface area contributed by atoms with E-state index in [1.54, 1.807) is 6.08 Å². The molecule has 26 heavy (non-hydrogen) atoms. The summed E-state index contributed by atoms with van der Waals surface area (Å²) >= 11 is 0. The van der Waals surface area contributed by atoms with E-state index in [9.17, 15) is 31.5 Å². The highest BCUT2D eigenvalue weighted by molar-refractivity contribution is 5.72. The molecular formula is C17H17F5O4. The summed E-state index contributed by atoms with van der Waals surface area (Å²) in [6, 6.07) is 0. The molecule has 9 heteroatoms. The molecule has 0 aliphatic heterocycles. The molecule has 1 rings (SSSR count). The fourth-order valence-corrected chi connectivity index (χ4v) is 1.75. The Kier molecular flexibility index (Phi) is 8.21. The highest BCUT2D eigenvalue weighted by Crippen LogP contribution is 2.23. The average Bonchev–Trinajstić information content (AvgIpc) is 2.58. The summed E-state index contributed by atoms with van der Waals surface area (Å²) in [5.41, 5.74) is -0.273. The van der Waals surface area contributed by atoms with Crippen LogP contribution >= 0.6 is 0 Å². The molecule has 0 saturated heterocycles. The minimum atomic E-state index is -2.29. The van der Waals surface area contributed by atoms with Crippen molar-refractivity contribution in [2.24, 2.45) is 0 Å². The van der Waals surface area contributed by atoms with Gasteiger partial charge < -0.3 is 9.47 Å². The first-order chi connectivity index (χ1) is 12.1. The van der Waals surface area contributed by atoms with Gasteiger partial charge in [-0.15, -0.1) is 0 Å². The number of hydrogen-bond donors (Lipinski definition) is 0. The van der Waals surface area contributed by atoms with Crippen LogP contribution in [0, 0.1) is 29.1 Å². The van der Waals surface area contributed by atoms with Crippen LogP contribution in [0.4, 0.5) is 22.0 Å². The van der Waals surface area contributed by atoms with E-state index in [-0.39, 0.29) is 25.9 Å². The lowest BCUT2D eigenvalue weighted by atomic mass is 10.2. The largest absolute Gasteiger partial charge is 0.461 e. The van der Waals surface area contributed by atoms with E-state index in [0.717, 1.165) is 5.57 Å². The highest BCUT2D eigenvalue weighted by atomic mass is 19.2. The Morgan fingerprint density at radius 3 is 1.77 bits per heavy atom. The zero-order valence-electron chi connectivity index (χ0n) is 14.1. The van der Waals surface area contributed by atoms with Gasteiger partial charge in [0.05, 0.1) is 5.56 Å². The molecule has 4 nitrogen and oxygen atoms in total. The van der Waals surface area contributed by atoms with Crippen LogP contribution in [0.3, 0.4) is 0 Å². The van der Waals surface area contributed by atoms with Crippen molar-refractivity contribution < 1.29 is 41.0 Å². The van der Waals surface area contributed by atoms with Gasteiger partial charge in [-0.1, -0.05) is 5.57 Å². The number of esters is 2. The Hall–Kier alpha value is -2.45. The Labute approximate surface area is 146 Å². The van der Waals surface area contributed by atoms with E-state index in [1.807, 2.05) is 13.8 Å². The van der Waals surface area contributed by atoms with Crippen molar-refractivity contribution in [1.82, 2.24) is 0 Å². The third-order valence-corrected chi connectivity index (χ3v) is 3.18. The van der Waals surface area contributed by atoms with Gasteiger partial charge in [-0.05, 0) is 26.3 Å². The predicted octanol–water partition coefficient (Wildman–Crippen LogP) is 4.11. The molecule has 0 N–H and O–H groups in total. The van der Waals surface area contributed by atoms with E-state index < -0.39 is 53.2 Å². The summed E-state index contributed by atoms with van der Waals surface area (Å²) in [4.78, 5) is 22.8. The summed E-state index contributed by atoms with van der Waals surface area (Å²) in [6.07, 6.45) is 1.36. The molecule has 0 aromatic heterocycles. The number of rotatable bonds is 8. The van der Waals surface area contributed by atoms with Gasteiger partial charge in [-0.3, -0.25) is 9.59 Å². The molecule has 0 atom stereocenters. The molecule has 0 unspecified atom stereocenters. The van der Waals surface area contributed by atoms with E-state index >= 15 is 0 Å². The van der Waals surface area contributed by atoms with Gasteiger partial charge in [0, 0.05) is 12.8 Å². The zero-order chi connectivity index (χ0) is 19.9. The van der Waals surface area contributed by atoms with Crippen LogP contribution in [0.15, 0.2) is 11.6 Å². The minimum absolute atomic E-state index is 0.0452. The third kappa shape index (κ3) is 6.12. The van der Waals surface area contributed by atoms with Gasteiger partial charge in [-0.25, -0.2) is 22.0 Å². The number of halogens is 5. The third-order valence-electron chi connectivity index (χ3n) is 3.18. The van der Waals surface area contributed by atoms with E-state index in [1.165, 1.54) is 0 Å². The lowest BCUT2D eigenvalue weighted by Crippen LogP contribution is -2.12. The fraction of sp³-hybridized carbons (Fsp3) is 0.412. The van der Waals surface area contributed by atoms with E-state index in [4.69, 9.17) is 4.74 Å². The Bertz CT molecular complexity index is 683. The van der Waals surface area contributed by atoms with Gasteiger partial charge in [0.15, 0.2) is 23.3 Å². The smallest absolute Gasteiger partial charge is 0.306 e. The van der Waals surface area contributed by atoms with Gasteiger partial charge in [-0.2, -0.15) is 0 Å². The molecule has 0 heterocycles. The van der Waals surface area contributed by atoms with Crippen LogP contribution in [-0.4, -0.2) is 18.5 Å². The maximum absolute atomic E-state index is 13.4. The van der Waals surface area contributed by atoms with Crippen LogP contribution in [0.25, 0.3) is 0 Å². The quantitative estimate of drug-likeness (QED) is 0.224. The number of benzene rings is 1. The summed E-state index contributed by atoms with van der Waals surface area (Å²) in [5.74, 6) is -12.1. The first-order valence-corrected chi connectivity index (χ1v) is 7.60. The Balaban J connectivity index is 2.46. The maximum Gasteiger partial charge on any atom is 0.306 e. The average molecular weight is 380 g/mol. The molecule has 1 aromatic carbocycles. The van der Waals surface area contributed by atoms with Crippen LogP contribution in [0.2, 0.25) is 0 Å². The van der Waals surface area contributed by atoms with Crippen molar-refractivity contribution in [2.75, 3.05) is 6.61 Å². The standard InChI is InChI=1S/C17H17F5O4/c1-9(2)6-7-25-11(23)4-3-5-12(24)26-8-10-13(18)15(20)17(22)16(21)14(10)19/h6H,3-5,7-8H2,1-2H3. The number of carbonyl (C=O) groups excluding carboxylic acids is 2. The van der Waals surface area contributed by atoms with E-state index in [0.29, 0.717) is 0 Å². The summed E-state index contributed by atoms with van der Waals surface area (Å²) in [6.45, 7) is 2.64. The molecule has 0 saturated carbocycles. The molecule has 1 aromatic rings. The second kappa shape index (κ2) is 9.88. The van der Waals surface area contributed by atoms with Gasteiger partial charge >= 0.3 is 11.9 Å². The topological polar surface area (TPSA) is 52.6 Å². The van der Waals surface area contributed by atoms with Crippen LogP contribution in [-0.2, 0) is 25.7 Å². The number of hydrogen-bond acceptors (Lipinski definition) is 4. The van der Waals surface area contributed by atoms with Crippen molar-refractivity contribution >= 4 is 11.9 Å². The molecule has 0 aliphatic rings. The van der Waals surface area contributed by atoms with Gasteiger partial charge in [0.25, 0.3) is 0 Å². The lowest BCUT2D eigenvalue weighted by Gasteiger charge is -2.09. The van der Waals surface area contributed by atoms with Crippen LogP contribution in [0.5, 0.6) is 0 Å². The fourth-order valence-electron chi connectivity index (χ4n) is 1.75. The molecule has 0 fully saturated rings. The van der Waals surface area contributed by atoms with Crippen LogP contribution < -0.4 is 0 Å². The number of carbonyl (C=O) groups is 2. The normalized spacial score (nSPS) is 10.4. The molecular weight excluding hydrogens is 363 g/mol. The maximum atomic E-state index is 13.4. The molecule has 0 spiro atoms. The van der Waals surface area contributed by atoms with Crippen molar-refractivity contribution in [3.8, 4) is 0 Å². The van der Waals surface area contributed by atoms with Crippen LogP contribution in [0.1, 0.15) is 38.7 Å². The minimum Gasteiger partial charge on any atom is -0.461 e. The molecule has 0 amide bonds. The van der Waals surface area contributed by atoms with Crippen molar-refractivity contribution in [3.05, 3.63) is 46.3 Å². The Morgan fingerprint density at radius 1 is 0.808 bits per heavy atom. The monoisotopic (exact) mass is 380 g/mol. The molecule has 144 valence electrons. The predicted molar refractivity (Wildman–Crippen MR) is 80.3 cm³/mol. The SMILES string of the molecule is CC(C)=CCOC(=O)CCCC(=O)OCc1c(F)c(F)c(F)c(F)c1F. The molecule has 0 bridgehead atoms. The van der Waals surface area contributed by atoms with E-state index in [2.05, 4.69) is 4.74 Å². The molecule has 0 aliphatic carbocycles. The van der Waals surface area contributed by atoms with Crippen molar-refractivity contribution in [3.63, 3.8) is 0 Å². The summed E-state index contributed by atoms with van der Waals surface area (Å²) in [7, 11) is 0. The summed E-state index contributed by atoms with van der Waals surface area (Å²) in [5, 5.41) is 0. The lowest BCUT2D eigenvalue weighted by molar-refractivity contribution is -0.146. The number of ether oxygens (including phenoxy) is 2. The van der Waals surface area contributed by atoms with Crippen molar-refractivity contribution in [2.45, 2.75) is 39.7 Å². The first kappa shape index (κ1) is 21.6. The second-order valence-electron chi connectivity index (χ2n) is 5.53. The number of allylic oxidation sites excluding steroid dienone is 1. The van der Waals surface area contributed by atoms with Gasteiger partial charge in [0.2, 0.25) is 5.82 Å². The molecule has 0 radical (unpaired) electrons. The summed E-state index contributed by atoms with van der Waals surface area (Å²) < 4.78 is 75.1.